The maximum Gasteiger partial charge on any atom is 0.225 e. The van der Waals surface area contributed by atoms with Gasteiger partial charge >= 0.3 is 0 Å². The molecular formula is C21H16ClN7O2. The zero-order valence-corrected chi connectivity index (χ0v) is 17.0. The molecule has 4 aromatic rings. The average molecular weight is 434 g/mol. The van der Waals surface area contributed by atoms with Gasteiger partial charge in [-0.3, -0.25) is 9.89 Å². The number of nitrogens with zero attached hydrogens (tertiary/aromatic N) is 5. The Balaban J connectivity index is 1.39. The number of halogens is 1. The largest absolute Gasteiger partial charge is 0.383 e. The molecule has 2 N–H and O–H groups in total. The van der Waals surface area contributed by atoms with Crippen molar-refractivity contribution < 1.29 is 9.63 Å². The first-order valence-electron chi connectivity index (χ1n) is 9.33. The van der Waals surface area contributed by atoms with Gasteiger partial charge in [0.15, 0.2) is 11.6 Å². The molecule has 2 aromatic carbocycles. The predicted molar refractivity (Wildman–Crippen MR) is 118 cm³/mol. The van der Waals surface area contributed by atoms with Gasteiger partial charge in [-0.1, -0.05) is 11.6 Å². The van der Waals surface area contributed by atoms with Gasteiger partial charge in [0.25, 0.3) is 0 Å². The minimum atomic E-state index is -0.135. The molecule has 154 valence electrons. The lowest BCUT2D eigenvalue weighted by Crippen LogP contribution is -2.12. The van der Waals surface area contributed by atoms with Crippen LogP contribution in [0.5, 0.6) is 0 Å². The van der Waals surface area contributed by atoms with Crippen LogP contribution < -0.4 is 10.4 Å². The predicted octanol–water partition coefficient (Wildman–Crippen LogP) is 4.10. The van der Waals surface area contributed by atoms with E-state index in [0.29, 0.717) is 22.5 Å². The Morgan fingerprint density at radius 1 is 1.13 bits per heavy atom. The van der Waals surface area contributed by atoms with E-state index in [2.05, 4.69) is 25.6 Å². The molecule has 0 saturated carbocycles. The van der Waals surface area contributed by atoms with Gasteiger partial charge in [0.2, 0.25) is 5.95 Å². The van der Waals surface area contributed by atoms with Crippen LogP contribution in [0, 0.1) is 0 Å². The molecule has 5 rings (SSSR count). The van der Waals surface area contributed by atoms with Crippen molar-refractivity contribution in [3.05, 3.63) is 72.2 Å². The monoisotopic (exact) mass is 433 g/mol. The number of allylic oxidation sites excluding steroid dienone is 2. The van der Waals surface area contributed by atoms with E-state index in [-0.39, 0.29) is 5.78 Å². The number of benzene rings is 2. The summed E-state index contributed by atoms with van der Waals surface area (Å²) in [6.07, 6.45) is 7.39. The zero-order chi connectivity index (χ0) is 21.4. The number of anilines is 3. The Kier molecular flexibility index (Phi) is 4.64. The highest BCUT2D eigenvalue weighted by Gasteiger charge is 2.14. The minimum absolute atomic E-state index is 0.135. The Morgan fingerprint density at radius 3 is 2.81 bits per heavy atom. The summed E-state index contributed by atoms with van der Waals surface area (Å²) in [5.41, 5.74) is 3.15. The third-order valence-corrected chi connectivity index (χ3v) is 5.14. The summed E-state index contributed by atoms with van der Waals surface area (Å²) in [5, 5.41) is 17.5. The van der Waals surface area contributed by atoms with Crippen molar-refractivity contribution in [2.45, 2.75) is 0 Å². The summed E-state index contributed by atoms with van der Waals surface area (Å²) in [5.74, 6) is 0.967. The summed E-state index contributed by atoms with van der Waals surface area (Å²) in [4.78, 5) is 21.4. The molecule has 31 heavy (non-hydrogen) atoms. The number of hydrogen-bond acceptors (Lipinski definition) is 7. The Morgan fingerprint density at radius 2 is 1.97 bits per heavy atom. The molecule has 0 amide bonds. The molecule has 0 atom stereocenters. The fourth-order valence-electron chi connectivity index (χ4n) is 3.11. The number of aryl methyl sites for hydroxylation is 1. The van der Waals surface area contributed by atoms with Crippen LogP contribution in [0.25, 0.3) is 22.3 Å². The van der Waals surface area contributed by atoms with Crippen LogP contribution in [0.15, 0.2) is 67.2 Å². The number of H-pyrrole nitrogens is 1. The van der Waals surface area contributed by atoms with Crippen molar-refractivity contribution in [3.63, 3.8) is 0 Å². The number of aromatic amines is 1. The number of hydroxylamine groups is 1. The van der Waals surface area contributed by atoms with Gasteiger partial charge in [0.05, 0.1) is 28.1 Å². The molecule has 1 aliphatic rings. The van der Waals surface area contributed by atoms with Crippen LogP contribution in [0.4, 0.5) is 17.3 Å². The molecule has 3 heterocycles. The number of carbonyl (C=O) groups excluding carboxylic acids is 1. The van der Waals surface area contributed by atoms with E-state index in [1.165, 1.54) is 23.5 Å². The van der Waals surface area contributed by atoms with Crippen molar-refractivity contribution in [2.24, 2.45) is 7.05 Å². The molecule has 10 heteroatoms. The van der Waals surface area contributed by atoms with Crippen molar-refractivity contribution in [1.82, 2.24) is 25.0 Å². The molecular weight excluding hydrogens is 418 g/mol. The third-order valence-electron chi connectivity index (χ3n) is 4.73. The molecule has 9 nitrogen and oxygen atoms in total. The Labute approximate surface area is 181 Å². The summed E-state index contributed by atoms with van der Waals surface area (Å²) in [6.45, 7) is 0. The van der Waals surface area contributed by atoms with E-state index in [1.807, 2.05) is 36.4 Å². The quantitative estimate of drug-likeness (QED) is 0.499. The van der Waals surface area contributed by atoms with Gasteiger partial charge in [0.1, 0.15) is 6.26 Å². The van der Waals surface area contributed by atoms with Crippen LogP contribution in [-0.2, 0) is 16.7 Å². The fraction of sp³-hybridized carbons (Fsp3) is 0.0476. The van der Waals surface area contributed by atoms with Crippen molar-refractivity contribution in [1.29, 1.82) is 0 Å². The van der Waals surface area contributed by atoms with Crippen LogP contribution in [0.3, 0.4) is 0 Å². The highest BCUT2D eigenvalue weighted by atomic mass is 35.5. The minimum Gasteiger partial charge on any atom is -0.383 e. The lowest BCUT2D eigenvalue weighted by Gasteiger charge is -2.17. The zero-order valence-electron chi connectivity index (χ0n) is 16.3. The van der Waals surface area contributed by atoms with Crippen LogP contribution >= 0.6 is 11.6 Å². The fourth-order valence-corrected chi connectivity index (χ4v) is 3.38. The van der Waals surface area contributed by atoms with Crippen molar-refractivity contribution in [2.75, 3.05) is 10.4 Å². The summed E-state index contributed by atoms with van der Waals surface area (Å²) >= 11 is 6.49. The van der Waals surface area contributed by atoms with Crippen LogP contribution in [-0.4, -0.2) is 30.7 Å². The molecule has 0 saturated heterocycles. The lowest BCUT2D eigenvalue weighted by atomic mass is 10.2. The topological polar surface area (TPSA) is 101 Å². The number of rotatable bonds is 4. The molecule has 0 bridgehead atoms. The first-order chi connectivity index (χ1) is 15.1. The second-order valence-corrected chi connectivity index (χ2v) is 7.14. The van der Waals surface area contributed by atoms with Crippen molar-refractivity contribution in [3.8, 4) is 11.4 Å². The van der Waals surface area contributed by atoms with Crippen LogP contribution in [0.2, 0.25) is 5.02 Å². The number of aromatic nitrogens is 5. The number of fused-ring (bicyclic) bond motifs is 1. The van der Waals surface area contributed by atoms with Gasteiger partial charge < -0.3 is 10.2 Å². The van der Waals surface area contributed by atoms with Gasteiger partial charge in [-0.15, -0.1) is 5.10 Å². The summed E-state index contributed by atoms with van der Waals surface area (Å²) < 4.78 is 1.65. The van der Waals surface area contributed by atoms with Gasteiger partial charge in [0, 0.05) is 36.3 Å². The Bertz CT molecular complexity index is 1340. The molecule has 0 radical (unpaired) electrons. The highest BCUT2D eigenvalue weighted by molar-refractivity contribution is 6.38. The summed E-state index contributed by atoms with van der Waals surface area (Å²) in [6, 6.07) is 11.2. The maximum absolute atomic E-state index is 11.4. The average Bonchev–Trinajstić information content (AvgIpc) is 3.33. The van der Waals surface area contributed by atoms with E-state index in [0.717, 1.165) is 22.2 Å². The van der Waals surface area contributed by atoms with E-state index in [9.17, 15) is 4.79 Å². The normalized spacial score (nSPS) is 13.5. The number of hydrogen-bond donors (Lipinski definition) is 2. The van der Waals surface area contributed by atoms with Crippen molar-refractivity contribution >= 4 is 45.6 Å². The molecule has 0 unspecified atom stereocenters. The highest BCUT2D eigenvalue weighted by Crippen LogP contribution is 2.32. The smallest absolute Gasteiger partial charge is 0.225 e. The molecule has 0 aliphatic carbocycles. The number of nitrogens with one attached hydrogen (secondary N) is 2. The molecule has 2 aromatic heterocycles. The summed E-state index contributed by atoms with van der Waals surface area (Å²) in [7, 11) is 1.80. The lowest BCUT2D eigenvalue weighted by molar-refractivity contribution is -0.110. The first kappa shape index (κ1) is 18.9. The van der Waals surface area contributed by atoms with E-state index in [1.54, 1.807) is 24.1 Å². The van der Waals surface area contributed by atoms with E-state index < -0.39 is 0 Å². The van der Waals surface area contributed by atoms with Gasteiger partial charge in [-0.05, 0) is 36.4 Å². The number of carbonyl (C=O) groups is 1. The van der Waals surface area contributed by atoms with E-state index in [4.69, 9.17) is 16.4 Å². The number of ketones is 1. The molecule has 0 fully saturated rings. The Hall–Kier alpha value is -4.11. The molecule has 1 aliphatic heterocycles. The second-order valence-electron chi connectivity index (χ2n) is 6.76. The van der Waals surface area contributed by atoms with Gasteiger partial charge in [-0.25, -0.2) is 4.68 Å². The first-order valence-corrected chi connectivity index (χ1v) is 9.71. The second kappa shape index (κ2) is 7.62. The third kappa shape index (κ3) is 3.62. The van der Waals surface area contributed by atoms with Gasteiger partial charge in [-0.2, -0.15) is 15.1 Å². The SMILES string of the molecule is Cn1nc(-c2ccc(N3C=CC(=O)C=CO3)cc2)nc1Nc1ccc2[nH]ncc2c1Cl. The van der Waals surface area contributed by atoms with E-state index >= 15 is 0 Å². The standard InChI is InChI=1S/C21H16ClN7O2/c1-28-21(24-18-7-6-17-16(19(18)22)12-23-26-17)25-20(27-28)13-2-4-14(5-3-13)29-10-8-15(30)9-11-31-29/h2-12H,1H3,(H,23,26)(H,24,25,27). The maximum atomic E-state index is 11.4. The molecule has 0 spiro atoms. The van der Waals surface area contributed by atoms with Crippen LogP contribution in [0.1, 0.15) is 0 Å².